The summed E-state index contributed by atoms with van der Waals surface area (Å²) in [5.74, 6) is -0.851. The summed E-state index contributed by atoms with van der Waals surface area (Å²) in [6, 6.07) is 15.3. The molecule has 0 aliphatic rings. The molecule has 3 aromatic rings. The van der Waals surface area contributed by atoms with E-state index < -0.39 is 10.9 Å². The van der Waals surface area contributed by atoms with Crippen LogP contribution < -0.4 is 35.4 Å². The first-order valence-electron chi connectivity index (χ1n) is 12.8. The first-order chi connectivity index (χ1) is 21.3. The number of aromatic carboxylic acids is 1. The number of carbonyl (C=O) groups is 1. The molecule has 0 heterocycles. The number of nitrogens with zero attached hydrogens (tertiary/aromatic N) is 7. The van der Waals surface area contributed by atoms with Gasteiger partial charge in [0, 0.05) is 43.9 Å². The van der Waals surface area contributed by atoms with E-state index in [2.05, 4.69) is 24.5 Å². The van der Waals surface area contributed by atoms with Crippen molar-refractivity contribution in [1.82, 2.24) is 10.6 Å². The minimum absolute atomic E-state index is 0. The van der Waals surface area contributed by atoms with Crippen LogP contribution in [0, 0.1) is 15.5 Å². The third kappa shape index (κ3) is 18.1. The van der Waals surface area contributed by atoms with Crippen molar-refractivity contribution in [2.24, 2.45) is 5.41 Å². The van der Waals surface area contributed by atoms with E-state index >= 15 is 0 Å². The van der Waals surface area contributed by atoms with Crippen molar-refractivity contribution in [2.75, 3.05) is 27.3 Å². The smallest absolute Gasteiger partial charge is 0.870 e. The number of carboxylic acid groups (broad SMARTS) is 1. The van der Waals surface area contributed by atoms with Gasteiger partial charge in [0.15, 0.2) is 0 Å². The number of methoxy groups -OCH3 is 2. The molecule has 0 saturated heterocycles. The third-order valence-corrected chi connectivity index (χ3v) is 5.69. The molecule has 2 N–H and O–H groups in total. The molecular weight excluding hydrogens is 708 g/mol. The SMILES string of the molecule is COc1cccc(CNCC(C)(C)CNCc2cccc(OC)c2[O-])c1[O-].O=C([O-])c1cccc([N+](=O)[O-])c1.[Co+2].[Co+3].[N-]=[N+]=[N-].[N-]=[N+]=[N-]. The van der Waals surface area contributed by atoms with Crippen LogP contribution in [0.2, 0.25) is 0 Å². The van der Waals surface area contributed by atoms with E-state index in [1.165, 1.54) is 42.2 Å². The molecule has 0 aliphatic heterocycles. The van der Waals surface area contributed by atoms with Gasteiger partial charge in [-0.1, -0.05) is 61.7 Å². The van der Waals surface area contributed by atoms with Gasteiger partial charge >= 0.3 is 33.6 Å². The third-order valence-electron chi connectivity index (χ3n) is 5.69. The van der Waals surface area contributed by atoms with Crippen molar-refractivity contribution in [1.29, 1.82) is 0 Å². The van der Waals surface area contributed by atoms with Crippen molar-refractivity contribution in [3.05, 3.63) is 119 Å². The zero-order chi connectivity index (χ0) is 34.4. The van der Waals surface area contributed by atoms with Gasteiger partial charge in [0.2, 0.25) is 0 Å². The molecule has 17 nitrogen and oxygen atoms in total. The number of non-ortho nitro benzene ring substituents is 1. The molecule has 0 unspecified atom stereocenters. The van der Waals surface area contributed by atoms with Crippen LogP contribution in [0.1, 0.15) is 35.3 Å². The Balaban J connectivity index is -0.000000807. The van der Waals surface area contributed by atoms with Gasteiger partial charge in [-0.3, -0.25) is 19.9 Å². The fourth-order valence-electron chi connectivity index (χ4n) is 3.60. The van der Waals surface area contributed by atoms with E-state index in [0.717, 1.165) is 19.2 Å². The molecule has 0 amide bonds. The second-order valence-corrected chi connectivity index (χ2v) is 9.54. The van der Waals surface area contributed by atoms with Crippen molar-refractivity contribution in [2.45, 2.75) is 26.9 Å². The Labute approximate surface area is 291 Å². The zero-order valence-corrected chi connectivity index (χ0v) is 27.7. The number of nitrogens with one attached hydrogen (secondary N) is 2. The zero-order valence-electron chi connectivity index (χ0n) is 25.7. The Kier molecular flexibility index (Phi) is 25.3. The quantitative estimate of drug-likeness (QED) is 0.0896. The normalized spacial score (nSPS) is 9.28. The van der Waals surface area contributed by atoms with E-state index in [0.29, 0.717) is 35.7 Å². The number of hydrogen-bond acceptors (Lipinski definition) is 10. The van der Waals surface area contributed by atoms with Gasteiger partial charge in [-0.15, -0.1) is 0 Å². The van der Waals surface area contributed by atoms with Crippen LogP contribution in [0.5, 0.6) is 23.0 Å². The minimum Gasteiger partial charge on any atom is -0.870 e. The summed E-state index contributed by atoms with van der Waals surface area (Å²) >= 11 is 0. The van der Waals surface area contributed by atoms with Gasteiger partial charge in [0.1, 0.15) is 11.5 Å². The number of ether oxygens (including phenoxy) is 2. The molecule has 47 heavy (non-hydrogen) atoms. The molecule has 0 atom stereocenters. The van der Waals surface area contributed by atoms with Crippen molar-refractivity contribution >= 4 is 11.7 Å². The fourth-order valence-corrected chi connectivity index (χ4v) is 3.60. The van der Waals surface area contributed by atoms with Gasteiger partial charge in [-0.05, 0) is 28.7 Å². The van der Waals surface area contributed by atoms with Crippen molar-refractivity contribution in [3.8, 4) is 23.0 Å². The van der Waals surface area contributed by atoms with Crippen LogP contribution in [-0.2, 0) is 46.6 Å². The van der Waals surface area contributed by atoms with Gasteiger partial charge in [-0.2, -0.15) is 0 Å². The maximum atomic E-state index is 12.2. The van der Waals surface area contributed by atoms with Crippen LogP contribution >= 0.6 is 0 Å². The average molecular weight is 740 g/mol. The average Bonchev–Trinajstić information content (AvgIpc) is 3.00. The van der Waals surface area contributed by atoms with Crippen LogP contribution in [0.4, 0.5) is 5.69 Å². The summed E-state index contributed by atoms with van der Waals surface area (Å²) in [5.41, 5.74) is 27.9. The van der Waals surface area contributed by atoms with E-state index in [9.17, 15) is 30.2 Å². The van der Waals surface area contributed by atoms with E-state index in [1.54, 1.807) is 12.1 Å². The van der Waals surface area contributed by atoms with E-state index in [4.69, 9.17) is 31.6 Å². The number of hydrogen-bond donors (Lipinski definition) is 2. The fraction of sp³-hybridized carbons (Fsp3) is 0.321. The second-order valence-electron chi connectivity index (χ2n) is 9.54. The second kappa shape index (κ2) is 25.5. The molecule has 0 saturated carbocycles. The summed E-state index contributed by atoms with van der Waals surface area (Å²) in [6.45, 7) is 6.67. The largest absolute Gasteiger partial charge is 3.00 e. The molecule has 19 heteroatoms. The van der Waals surface area contributed by atoms with Crippen molar-refractivity contribution in [3.63, 3.8) is 0 Å². The standard InChI is InChI=1S/C21H30N2O4.C7H5NO4.2Co.2N3/c1-21(2,13-22-11-15-7-5-9-17(26-3)19(15)24)14-23-12-16-8-6-10-18(27-4)20(16)25;9-7(10)5-2-1-3-6(4-5)8(11)12;;;2*1-3-2/h5-10,22-25H,11-14H2,1-4H3;1-4H,(H,9,10);;;;/q;;+2;+3;2*-1/p-3. The minimum atomic E-state index is -1.42. The van der Waals surface area contributed by atoms with E-state index in [-0.39, 0.29) is 61.7 Å². The number of carbonyl (C=O) groups excluding carboxylic acids is 1. The number of carboxylic acids is 1. The van der Waals surface area contributed by atoms with Gasteiger partial charge < -0.3 is 62.3 Å². The van der Waals surface area contributed by atoms with Crippen LogP contribution in [-0.4, -0.2) is 38.2 Å². The summed E-state index contributed by atoms with van der Waals surface area (Å²) in [4.78, 5) is 22.7. The van der Waals surface area contributed by atoms with Crippen LogP contribution in [0.15, 0.2) is 60.7 Å². The maximum Gasteiger partial charge on any atom is 3.00 e. The number of nitro groups is 1. The predicted molar refractivity (Wildman–Crippen MR) is 160 cm³/mol. The number of nitro benzene ring substituents is 1. The molecule has 0 spiro atoms. The number of rotatable bonds is 12. The van der Waals surface area contributed by atoms with Crippen LogP contribution in [0.3, 0.4) is 0 Å². The molecule has 3 rings (SSSR count). The number of para-hydroxylation sites is 2. The Morgan fingerprint density at radius 2 is 1.21 bits per heavy atom. The number of benzene rings is 3. The Bertz CT molecular complexity index is 1360. The Morgan fingerprint density at radius 3 is 1.55 bits per heavy atom. The van der Waals surface area contributed by atoms with E-state index in [1.807, 2.05) is 24.3 Å². The van der Waals surface area contributed by atoms with Crippen molar-refractivity contribution < 1.29 is 68.1 Å². The molecule has 0 aromatic heterocycles. The first-order valence-corrected chi connectivity index (χ1v) is 12.8. The summed E-state index contributed by atoms with van der Waals surface area (Å²) in [7, 11) is 3.00. The topological polar surface area (TPSA) is 289 Å². The molecule has 0 aliphatic carbocycles. The summed E-state index contributed by atoms with van der Waals surface area (Å²) in [6.07, 6.45) is 0. The summed E-state index contributed by atoms with van der Waals surface area (Å²) in [5, 5.41) is 51.4. The van der Waals surface area contributed by atoms with Gasteiger partial charge in [-0.25, -0.2) is 0 Å². The predicted octanol–water partition coefficient (Wildman–Crippen LogP) is 3.44. The maximum absolute atomic E-state index is 12.2. The molecular formula is C28H32Co2N9O8. The van der Waals surface area contributed by atoms with Gasteiger partial charge in [0.25, 0.3) is 5.69 Å². The first kappa shape index (κ1) is 46.7. The molecule has 1 radical (unpaired) electrons. The molecule has 0 bridgehead atoms. The molecule has 3 aromatic carbocycles. The van der Waals surface area contributed by atoms with Gasteiger partial charge in [0.05, 0.1) is 25.1 Å². The summed E-state index contributed by atoms with van der Waals surface area (Å²) < 4.78 is 10.1. The molecule has 0 fully saturated rings. The Morgan fingerprint density at radius 1 is 0.830 bits per heavy atom. The Hall–Kier alpha value is -4.72. The van der Waals surface area contributed by atoms with Crippen LogP contribution in [0.25, 0.3) is 31.9 Å². The monoisotopic (exact) mass is 740 g/mol. The molecule has 255 valence electrons.